The molecule has 0 aromatic carbocycles. The summed E-state index contributed by atoms with van der Waals surface area (Å²) in [5.74, 6) is -1.52. The van der Waals surface area contributed by atoms with E-state index >= 15 is 0 Å². The van der Waals surface area contributed by atoms with Gasteiger partial charge in [0.15, 0.2) is 5.78 Å². The first kappa shape index (κ1) is 26.8. The normalized spacial score (nSPS) is 12.7. The first-order valence-corrected chi connectivity index (χ1v) is 9.65. The molecular formula is C19H33N3O7. The molecule has 0 aromatic heterocycles. The van der Waals surface area contributed by atoms with Gasteiger partial charge < -0.3 is 35.0 Å². The summed E-state index contributed by atoms with van der Waals surface area (Å²) in [6.45, 7) is 4.23. The van der Waals surface area contributed by atoms with E-state index in [0.717, 1.165) is 0 Å². The molecule has 0 saturated heterocycles. The Bertz CT molecular complexity index is 540. The van der Waals surface area contributed by atoms with Gasteiger partial charge in [0, 0.05) is 19.4 Å². The van der Waals surface area contributed by atoms with E-state index in [4.69, 9.17) is 9.47 Å². The molecule has 0 spiro atoms. The maximum Gasteiger partial charge on any atom is 0.246 e. The maximum absolute atomic E-state index is 12.5. The van der Waals surface area contributed by atoms with Crippen molar-refractivity contribution in [2.75, 3.05) is 40.0 Å². The van der Waals surface area contributed by atoms with Gasteiger partial charge in [-0.15, -0.1) is 0 Å². The highest BCUT2D eigenvalue weighted by Gasteiger charge is 2.25. The minimum absolute atomic E-state index is 0.0948. The van der Waals surface area contributed by atoms with Gasteiger partial charge in [0.25, 0.3) is 0 Å². The third-order valence-electron chi connectivity index (χ3n) is 3.92. The number of likely N-dealkylation sites (N-methyl/N-ethyl adjacent to an activating group) is 1. The summed E-state index contributed by atoms with van der Waals surface area (Å²) in [6, 6.07) is -1.81. The van der Waals surface area contributed by atoms with Crippen molar-refractivity contribution in [1.29, 1.82) is 0 Å². The SMILES string of the molecule is CNCCOCCOCC(=O)NC(CCC(C)=O)C(=O)NC(CCC=O)C(C)=O. The third kappa shape index (κ3) is 14.5. The summed E-state index contributed by atoms with van der Waals surface area (Å²) in [5.41, 5.74) is 0. The number of hydrogen-bond donors (Lipinski definition) is 3. The molecule has 2 unspecified atom stereocenters. The van der Waals surface area contributed by atoms with E-state index in [1.165, 1.54) is 13.8 Å². The van der Waals surface area contributed by atoms with Crippen molar-refractivity contribution in [3.8, 4) is 0 Å². The van der Waals surface area contributed by atoms with Gasteiger partial charge in [0.1, 0.15) is 24.7 Å². The third-order valence-corrected chi connectivity index (χ3v) is 3.92. The number of Topliss-reactive ketones (excluding diaryl/α,β-unsaturated/α-hetero) is 2. The smallest absolute Gasteiger partial charge is 0.246 e. The molecule has 0 aliphatic heterocycles. The Kier molecular flexibility index (Phi) is 15.5. The number of ketones is 2. The van der Waals surface area contributed by atoms with Crippen LogP contribution in [0.1, 0.15) is 39.5 Å². The molecule has 0 saturated carbocycles. The lowest BCUT2D eigenvalue weighted by Gasteiger charge is -2.21. The van der Waals surface area contributed by atoms with Crippen LogP contribution in [-0.4, -0.2) is 81.8 Å². The predicted octanol–water partition coefficient (Wildman–Crippen LogP) is -0.854. The number of amides is 2. The minimum atomic E-state index is -0.986. The second kappa shape index (κ2) is 16.8. The molecule has 0 bridgehead atoms. The number of ether oxygens (including phenoxy) is 2. The lowest BCUT2D eigenvalue weighted by Crippen LogP contribution is -2.52. The van der Waals surface area contributed by atoms with Gasteiger partial charge >= 0.3 is 0 Å². The van der Waals surface area contributed by atoms with Crippen molar-refractivity contribution in [3.63, 3.8) is 0 Å². The molecule has 166 valence electrons. The van der Waals surface area contributed by atoms with Crippen LogP contribution >= 0.6 is 0 Å². The Labute approximate surface area is 171 Å². The fraction of sp³-hybridized carbons (Fsp3) is 0.737. The molecule has 3 N–H and O–H groups in total. The average Bonchev–Trinajstić information content (AvgIpc) is 2.67. The molecule has 10 nitrogen and oxygen atoms in total. The average molecular weight is 415 g/mol. The summed E-state index contributed by atoms with van der Waals surface area (Å²) in [7, 11) is 1.81. The van der Waals surface area contributed by atoms with Crippen molar-refractivity contribution in [2.24, 2.45) is 0 Å². The van der Waals surface area contributed by atoms with Crippen LogP contribution in [0.3, 0.4) is 0 Å². The van der Waals surface area contributed by atoms with Gasteiger partial charge in [-0.3, -0.25) is 14.4 Å². The van der Waals surface area contributed by atoms with Crippen LogP contribution in [0.2, 0.25) is 0 Å². The van der Waals surface area contributed by atoms with E-state index in [-0.39, 0.29) is 50.5 Å². The number of carbonyl (C=O) groups is 5. The van der Waals surface area contributed by atoms with Gasteiger partial charge in [0.05, 0.1) is 25.9 Å². The van der Waals surface area contributed by atoms with Gasteiger partial charge in [-0.1, -0.05) is 0 Å². The Balaban J connectivity index is 4.59. The summed E-state index contributed by atoms with van der Waals surface area (Å²) in [5, 5.41) is 7.99. The Morgan fingerprint density at radius 2 is 1.62 bits per heavy atom. The lowest BCUT2D eigenvalue weighted by atomic mass is 10.1. The second-order valence-corrected chi connectivity index (χ2v) is 6.55. The molecule has 0 aliphatic carbocycles. The molecule has 2 amide bonds. The molecule has 10 heteroatoms. The van der Waals surface area contributed by atoms with Crippen LogP contribution in [0, 0.1) is 0 Å². The Morgan fingerprint density at radius 1 is 0.931 bits per heavy atom. The number of hydrogen-bond acceptors (Lipinski definition) is 8. The van der Waals surface area contributed by atoms with Crippen molar-refractivity contribution in [1.82, 2.24) is 16.0 Å². The van der Waals surface area contributed by atoms with Crippen LogP contribution in [0.4, 0.5) is 0 Å². The van der Waals surface area contributed by atoms with E-state index in [9.17, 15) is 24.0 Å². The van der Waals surface area contributed by atoms with E-state index in [1.54, 1.807) is 0 Å². The Hall–Kier alpha value is -2.17. The molecule has 0 heterocycles. The van der Waals surface area contributed by atoms with Gasteiger partial charge in [-0.2, -0.15) is 0 Å². The highest BCUT2D eigenvalue weighted by Crippen LogP contribution is 2.03. The standard InChI is InChI=1S/C19H33N3O7/c1-14(24)6-7-17(19(27)22-16(15(2)25)5-4-9-23)21-18(26)13-29-12-11-28-10-8-20-3/h9,16-17,20H,4-8,10-13H2,1-3H3,(H,21,26)(H,22,27). The number of aldehydes is 1. The highest BCUT2D eigenvalue weighted by molar-refractivity contribution is 5.92. The van der Waals surface area contributed by atoms with Crippen molar-refractivity contribution < 1.29 is 33.4 Å². The largest absolute Gasteiger partial charge is 0.378 e. The lowest BCUT2D eigenvalue weighted by molar-refractivity contribution is -0.133. The first-order chi connectivity index (χ1) is 13.8. The van der Waals surface area contributed by atoms with Crippen molar-refractivity contribution in [2.45, 2.75) is 51.6 Å². The van der Waals surface area contributed by atoms with Crippen molar-refractivity contribution in [3.05, 3.63) is 0 Å². The summed E-state index contributed by atoms with van der Waals surface area (Å²) >= 11 is 0. The Morgan fingerprint density at radius 3 is 2.21 bits per heavy atom. The molecule has 0 fully saturated rings. The zero-order chi connectivity index (χ0) is 22.1. The van der Waals surface area contributed by atoms with Gasteiger partial charge in [-0.05, 0) is 33.7 Å². The van der Waals surface area contributed by atoms with E-state index < -0.39 is 23.9 Å². The van der Waals surface area contributed by atoms with E-state index in [2.05, 4.69) is 16.0 Å². The minimum Gasteiger partial charge on any atom is -0.378 e. The van der Waals surface area contributed by atoms with Gasteiger partial charge in [-0.25, -0.2) is 0 Å². The maximum atomic E-state index is 12.5. The molecule has 0 rings (SSSR count). The van der Waals surface area contributed by atoms with Crippen LogP contribution < -0.4 is 16.0 Å². The topological polar surface area (TPSA) is 140 Å². The molecule has 0 aliphatic rings. The fourth-order valence-electron chi connectivity index (χ4n) is 2.30. The summed E-state index contributed by atoms with van der Waals surface area (Å²) < 4.78 is 10.5. The molecular weight excluding hydrogens is 382 g/mol. The zero-order valence-electron chi connectivity index (χ0n) is 17.5. The number of nitrogens with one attached hydrogen (secondary N) is 3. The van der Waals surface area contributed by atoms with E-state index in [1.807, 2.05) is 7.05 Å². The van der Waals surface area contributed by atoms with Gasteiger partial charge in [0.2, 0.25) is 11.8 Å². The quantitative estimate of drug-likeness (QED) is 0.194. The molecule has 0 aromatic rings. The molecule has 29 heavy (non-hydrogen) atoms. The molecule has 2 atom stereocenters. The van der Waals surface area contributed by atoms with Crippen LogP contribution in [0.5, 0.6) is 0 Å². The van der Waals surface area contributed by atoms with Crippen LogP contribution in [0.15, 0.2) is 0 Å². The van der Waals surface area contributed by atoms with Crippen LogP contribution in [0.25, 0.3) is 0 Å². The first-order valence-electron chi connectivity index (χ1n) is 9.65. The van der Waals surface area contributed by atoms with Crippen molar-refractivity contribution >= 4 is 29.7 Å². The number of carbonyl (C=O) groups excluding carboxylic acids is 5. The molecule has 0 radical (unpaired) electrons. The zero-order valence-corrected chi connectivity index (χ0v) is 17.5. The summed E-state index contributed by atoms with van der Waals surface area (Å²) in [6.07, 6.45) is 1.15. The van der Waals surface area contributed by atoms with E-state index in [0.29, 0.717) is 26.0 Å². The second-order valence-electron chi connectivity index (χ2n) is 6.55. The highest BCUT2D eigenvalue weighted by atomic mass is 16.5. The fourth-order valence-corrected chi connectivity index (χ4v) is 2.30. The predicted molar refractivity (Wildman–Crippen MR) is 105 cm³/mol. The monoisotopic (exact) mass is 415 g/mol. The summed E-state index contributed by atoms with van der Waals surface area (Å²) in [4.78, 5) is 58.0. The van der Waals surface area contributed by atoms with Crippen LogP contribution in [-0.2, 0) is 33.4 Å². The number of rotatable bonds is 18.